The summed E-state index contributed by atoms with van der Waals surface area (Å²) >= 11 is 0. The minimum Gasteiger partial charge on any atom is -0.479 e. The largest absolute Gasteiger partial charge is 0.479 e. The number of aliphatic carboxylic acids is 1. The number of aliphatic hydroxyl groups is 2. The van der Waals surface area contributed by atoms with Gasteiger partial charge in [-0.15, -0.1) is 0 Å². The Balaban J connectivity index is 2.73. The maximum absolute atomic E-state index is 13.1. The molecule has 77 heavy (non-hydrogen) atoms. The second-order valence-corrected chi connectivity index (χ2v) is 19.9. The van der Waals surface area contributed by atoms with E-state index in [1.807, 2.05) is 12.2 Å². The highest BCUT2D eigenvalue weighted by atomic mass is 16.7. The number of aliphatic hydroxyl groups excluding tert-OH is 2. The minimum absolute atomic E-state index is 0.0259. The molecule has 0 saturated carbocycles. The first kappa shape index (κ1) is 70.4. The van der Waals surface area contributed by atoms with E-state index in [9.17, 15) is 34.5 Å². The topological polar surface area (TPSA) is 175 Å². The number of carboxylic acids is 1. The van der Waals surface area contributed by atoms with Gasteiger partial charge in [-0.1, -0.05) is 214 Å². The number of rotatable bonds is 49. The standard InChI is InChI=1S/C65H104O12/c1-4-7-10-13-16-19-22-25-27-28-29-30-32-35-38-41-44-47-50-53-59(68)76-63-61(70)60(69)62(64(71)72)77-65(63)74-55-56(75-58(67)52-49-46-43-40-37-33-24-21-18-15-12-9-6-3)54-73-57(66)51-48-45-42-39-36-34-31-26-23-20-17-14-11-8-5-2/h8-9,11-12,17-18,20-21,25-27,31,33,36-37,39,45,48,56,60-63,65,69-70H,4-7,10,13-16,19,22-24,28-30,32,34-35,38,40-44,46-47,49-55H2,1-3H3,(H,71,72)/b11-8-,12-9-,20-17-,21-18-,27-25-,31-26-,37-33-,39-36-,48-45-. The van der Waals surface area contributed by atoms with Gasteiger partial charge in [0.15, 0.2) is 24.6 Å². The summed E-state index contributed by atoms with van der Waals surface area (Å²) in [5.41, 5.74) is 0. The van der Waals surface area contributed by atoms with E-state index in [1.165, 1.54) is 70.6 Å². The Hall–Kier alpha value is -4.62. The van der Waals surface area contributed by atoms with Gasteiger partial charge in [0.25, 0.3) is 0 Å². The van der Waals surface area contributed by atoms with Crippen molar-refractivity contribution in [1.82, 2.24) is 0 Å². The van der Waals surface area contributed by atoms with Gasteiger partial charge in [0.05, 0.1) is 13.0 Å². The van der Waals surface area contributed by atoms with Crippen LogP contribution in [0, 0.1) is 0 Å². The molecule has 3 N–H and O–H groups in total. The molecule has 12 heteroatoms. The summed E-state index contributed by atoms with van der Waals surface area (Å²) in [4.78, 5) is 51.1. The Kier molecular flexibility index (Phi) is 47.6. The van der Waals surface area contributed by atoms with Crippen molar-refractivity contribution in [2.75, 3.05) is 13.2 Å². The van der Waals surface area contributed by atoms with E-state index in [0.717, 1.165) is 96.3 Å². The Morgan fingerprint density at radius 2 is 0.857 bits per heavy atom. The second kappa shape index (κ2) is 52.1. The first-order valence-corrected chi connectivity index (χ1v) is 29.9. The first-order valence-electron chi connectivity index (χ1n) is 29.9. The van der Waals surface area contributed by atoms with Gasteiger partial charge in [-0.25, -0.2) is 4.79 Å². The van der Waals surface area contributed by atoms with E-state index in [-0.39, 0.29) is 25.9 Å². The maximum Gasteiger partial charge on any atom is 0.335 e. The average Bonchev–Trinajstić information content (AvgIpc) is 3.42. The van der Waals surface area contributed by atoms with Crippen molar-refractivity contribution in [2.24, 2.45) is 0 Å². The van der Waals surface area contributed by atoms with Gasteiger partial charge in [0.2, 0.25) is 0 Å². The zero-order chi connectivity index (χ0) is 56.1. The summed E-state index contributed by atoms with van der Waals surface area (Å²) in [7, 11) is 0. The lowest BCUT2D eigenvalue weighted by Gasteiger charge is -2.40. The van der Waals surface area contributed by atoms with Crippen molar-refractivity contribution < 1.29 is 58.2 Å². The van der Waals surface area contributed by atoms with Crippen LogP contribution in [-0.2, 0) is 42.9 Å². The summed E-state index contributed by atoms with van der Waals surface area (Å²) in [5.74, 6) is -3.34. The van der Waals surface area contributed by atoms with Crippen LogP contribution in [0.25, 0.3) is 0 Å². The normalized spacial score (nSPS) is 18.8. The van der Waals surface area contributed by atoms with Crippen LogP contribution in [0.15, 0.2) is 109 Å². The molecule has 0 aromatic carbocycles. The Bertz CT molecular complexity index is 1750. The Labute approximate surface area is 465 Å². The third-order valence-corrected chi connectivity index (χ3v) is 12.8. The van der Waals surface area contributed by atoms with Crippen molar-refractivity contribution in [3.63, 3.8) is 0 Å². The van der Waals surface area contributed by atoms with Gasteiger partial charge in [0, 0.05) is 12.8 Å². The van der Waals surface area contributed by atoms with Gasteiger partial charge in [-0.05, 0) is 103 Å². The number of carboxylic acid groups (broad SMARTS) is 1. The zero-order valence-corrected chi connectivity index (χ0v) is 47.9. The highest BCUT2D eigenvalue weighted by Crippen LogP contribution is 2.26. The zero-order valence-electron chi connectivity index (χ0n) is 47.9. The molecule has 436 valence electrons. The van der Waals surface area contributed by atoms with Crippen LogP contribution >= 0.6 is 0 Å². The molecule has 6 unspecified atom stereocenters. The summed E-state index contributed by atoms with van der Waals surface area (Å²) in [6, 6.07) is 0. The second-order valence-electron chi connectivity index (χ2n) is 19.9. The molecule has 0 spiro atoms. The third kappa shape index (κ3) is 42.1. The predicted molar refractivity (Wildman–Crippen MR) is 312 cm³/mol. The van der Waals surface area contributed by atoms with E-state index in [2.05, 4.69) is 112 Å². The van der Waals surface area contributed by atoms with E-state index >= 15 is 0 Å². The van der Waals surface area contributed by atoms with Crippen LogP contribution in [0.1, 0.15) is 226 Å². The number of ether oxygens (including phenoxy) is 5. The molecule has 0 aromatic heterocycles. The molecule has 6 atom stereocenters. The van der Waals surface area contributed by atoms with Crippen LogP contribution < -0.4 is 0 Å². The number of unbranched alkanes of at least 4 members (excludes halogenated alkanes) is 18. The third-order valence-electron chi connectivity index (χ3n) is 12.8. The van der Waals surface area contributed by atoms with E-state index in [0.29, 0.717) is 19.3 Å². The fraction of sp³-hybridized carbons (Fsp3) is 0.662. The quantitative estimate of drug-likeness (QED) is 0.0228. The monoisotopic (exact) mass is 1080 g/mol. The van der Waals surface area contributed by atoms with Crippen LogP contribution in [-0.4, -0.2) is 89.2 Å². The molecule has 0 bridgehead atoms. The SMILES string of the molecule is CC/C=C\C/C=C\C/C=C\C/C=C\C/C=C\CC(=O)OCC(COC1OC(C(=O)O)C(O)C(O)C1OC(=O)CCCCCCCCCCC/C=C\CCCCCCCC)OC(=O)CCCCC/C=C\C/C=C\C/C=C\CC. The van der Waals surface area contributed by atoms with Crippen LogP contribution in [0.3, 0.4) is 0 Å². The van der Waals surface area contributed by atoms with Crippen LogP contribution in [0.2, 0.25) is 0 Å². The van der Waals surface area contributed by atoms with Gasteiger partial charge < -0.3 is 39.0 Å². The molecule has 0 radical (unpaired) electrons. The molecule has 0 aromatic rings. The molecular formula is C65H104O12. The Morgan fingerprint density at radius 1 is 0.455 bits per heavy atom. The van der Waals surface area contributed by atoms with Crippen LogP contribution in [0.4, 0.5) is 0 Å². The lowest BCUT2D eigenvalue weighted by atomic mass is 9.98. The summed E-state index contributed by atoms with van der Waals surface area (Å²) in [5, 5.41) is 31.5. The molecule has 1 saturated heterocycles. The smallest absolute Gasteiger partial charge is 0.335 e. The number of esters is 3. The molecule has 1 aliphatic rings. The van der Waals surface area contributed by atoms with Crippen LogP contribution in [0.5, 0.6) is 0 Å². The number of carbonyl (C=O) groups is 4. The van der Waals surface area contributed by atoms with Crippen molar-refractivity contribution in [1.29, 1.82) is 0 Å². The number of allylic oxidation sites excluding steroid dienone is 17. The molecule has 1 heterocycles. The molecule has 1 aliphatic heterocycles. The van der Waals surface area contributed by atoms with Crippen molar-refractivity contribution in [2.45, 2.75) is 263 Å². The summed E-state index contributed by atoms with van der Waals surface area (Å²) in [6.45, 7) is 5.64. The lowest BCUT2D eigenvalue weighted by molar-refractivity contribution is -0.301. The van der Waals surface area contributed by atoms with Crippen molar-refractivity contribution in [3.05, 3.63) is 109 Å². The molecule has 0 aliphatic carbocycles. The molecule has 12 nitrogen and oxygen atoms in total. The molecule has 1 rings (SSSR count). The predicted octanol–water partition coefficient (Wildman–Crippen LogP) is 15.4. The molecule has 0 amide bonds. The maximum atomic E-state index is 13.1. The molecule has 1 fully saturated rings. The van der Waals surface area contributed by atoms with E-state index < -0.39 is 67.3 Å². The average molecular weight is 1080 g/mol. The summed E-state index contributed by atoms with van der Waals surface area (Å²) in [6.07, 6.45) is 58.1. The minimum atomic E-state index is -1.92. The van der Waals surface area contributed by atoms with Gasteiger partial charge in [-0.3, -0.25) is 14.4 Å². The highest BCUT2D eigenvalue weighted by Gasteiger charge is 2.50. The highest BCUT2D eigenvalue weighted by molar-refractivity contribution is 5.74. The van der Waals surface area contributed by atoms with E-state index in [1.54, 1.807) is 6.08 Å². The Morgan fingerprint density at radius 3 is 1.34 bits per heavy atom. The number of hydrogen-bond acceptors (Lipinski definition) is 11. The van der Waals surface area contributed by atoms with Gasteiger partial charge >= 0.3 is 23.9 Å². The number of hydrogen-bond donors (Lipinski definition) is 3. The first-order chi connectivity index (χ1) is 37.6. The number of carbonyl (C=O) groups excluding carboxylic acids is 3. The fourth-order valence-corrected chi connectivity index (χ4v) is 8.33. The fourth-order valence-electron chi connectivity index (χ4n) is 8.33. The van der Waals surface area contributed by atoms with Crippen molar-refractivity contribution in [3.8, 4) is 0 Å². The van der Waals surface area contributed by atoms with Crippen molar-refractivity contribution >= 4 is 23.9 Å². The van der Waals surface area contributed by atoms with Gasteiger partial charge in [-0.2, -0.15) is 0 Å². The molecular weight excluding hydrogens is 973 g/mol. The van der Waals surface area contributed by atoms with E-state index in [4.69, 9.17) is 23.7 Å². The lowest BCUT2D eigenvalue weighted by Crippen LogP contribution is -2.61. The van der Waals surface area contributed by atoms with Gasteiger partial charge in [0.1, 0.15) is 18.8 Å². The summed E-state index contributed by atoms with van der Waals surface area (Å²) < 4.78 is 28.3.